The van der Waals surface area contributed by atoms with Gasteiger partial charge in [0.15, 0.2) is 0 Å². The molecular weight excluding hydrogens is 320 g/mol. The maximum absolute atomic E-state index is 12.8. The molecule has 0 spiro atoms. The summed E-state index contributed by atoms with van der Waals surface area (Å²) in [7, 11) is 1.62. The fraction of sp³-hybridized carbons (Fsp3) is 0.474. The number of aromatic nitrogens is 1. The second-order valence-corrected chi connectivity index (χ2v) is 6.84. The molecule has 1 aliphatic heterocycles. The topological polar surface area (TPSA) is 64.8 Å². The first-order valence-corrected chi connectivity index (χ1v) is 8.39. The highest BCUT2D eigenvalue weighted by atomic mass is 16.5. The Kier molecular flexibility index (Phi) is 4.81. The van der Waals surface area contributed by atoms with Gasteiger partial charge >= 0.3 is 0 Å². The molecule has 1 saturated heterocycles. The predicted molar refractivity (Wildman–Crippen MR) is 93.5 cm³/mol. The Balaban J connectivity index is 1.79. The number of carbonyl (C=O) groups excluding carboxylic acids is 1. The molecule has 0 atom stereocenters. The van der Waals surface area contributed by atoms with Crippen LogP contribution in [0, 0.1) is 6.92 Å². The highest BCUT2D eigenvalue weighted by Gasteiger charge is 2.34. The number of hydrogen-bond donors (Lipinski definition) is 0. The van der Waals surface area contributed by atoms with Crippen LogP contribution in [0.2, 0.25) is 0 Å². The zero-order valence-corrected chi connectivity index (χ0v) is 15.2. The van der Waals surface area contributed by atoms with Crippen LogP contribution in [0.5, 0.6) is 5.75 Å². The lowest BCUT2D eigenvalue weighted by Gasteiger charge is -2.42. The lowest BCUT2D eigenvalue weighted by molar-refractivity contribution is -0.145. The van der Waals surface area contributed by atoms with Gasteiger partial charge in [0.2, 0.25) is 11.8 Å². The number of nitrogens with zero attached hydrogens (tertiary/aromatic N) is 2. The van der Waals surface area contributed by atoms with Crippen LogP contribution in [0.3, 0.4) is 0 Å². The molecule has 1 amide bonds. The smallest absolute Gasteiger partial charge is 0.229 e. The number of morpholine rings is 1. The van der Waals surface area contributed by atoms with E-state index >= 15 is 0 Å². The molecule has 1 fully saturated rings. The second kappa shape index (κ2) is 6.88. The third-order valence-corrected chi connectivity index (χ3v) is 4.47. The number of methoxy groups -OCH3 is 1. The molecule has 134 valence electrons. The predicted octanol–water partition coefficient (Wildman–Crippen LogP) is 2.84. The van der Waals surface area contributed by atoms with Gasteiger partial charge in [0.1, 0.15) is 11.5 Å². The summed E-state index contributed by atoms with van der Waals surface area (Å²) in [6, 6.07) is 7.52. The maximum atomic E-state index is 12.8. The first-order valence-electron chi connectivity index (χ1n) is 8.39. The largest absolute Gasteiger partial charge is 0.497 e. The molecule has 0 bridgehead atoms. The average Bonchev–Trinajstić information content (AvgIpc) is 2.95. The van der Waals surface area contributed by atoms with Crippen molar-refractivity contribution >= 4 is 5.91 Å². The highest BCUT2D eigenvalue weighted by Crippen LogP contribution is 2.26. The summed E-state index contributed by atoms with van der Waals surface area (Å²) < 4.78 is 16.5. The molecule has 6 heteroatoms. The van der Waals surface area contributed by atoms with Gasteiger partial charge in [0, 0.05) is 12.1 Å². The van der Waals surface area contributed by atoms with E-state index in [1.807, 2.05) is 49.9 Å². The number of aryl methyl sites for hydroxylation is 1. The molecule has 0 N–H and O–H groups in total. The Morgan fingerprint density at radius 3 is 2.92 bits per heavy atom. The van der Waals surface area contributed by atoms with E-state index in [1.165, 1.54) is 0 Å². The summed E-state index contributed by atoms with van der Waals surface area (Å²) in [6.07, 6.45) is 0.225. The SMILES string of the molecule is COc1cccc(-c2nc(CC(=O)N3CCOCC3(C)C)c(C)o2)c1. The summed E-state index contributed by atoms with van der Waals surface area (Å²) in [5, 5.41) is 0. The first-order chi connectivity index (χ1) is 11.9. The molecular formula is C19H24N2O4. The van der Waals surface area contributed by atoms with Crippen LogP contribution in [0.1, 0.15) is 25.3 Å². The number of rotatable bonds is 4. The number of carbonyl (C=O) groups is 1. The monoisotopic (exact) mass is 344 g/mol. The molecule has 25 heavy (non-hydrogen) atoms. The van der Waals surface area contributed by atoms with Crippen molar-refractivity contribution in [3.63, 3.8) is 0 Å². The fourth-order valence-corrected chi connectivity index (χ4v) is 3.03. The summed E-state index contributed by atoms with van der Waals surface area (Å²) in [5.74, 6) is 1.95. The van der Waals surface area contributed by atoms with Gasteiger partial charge in [-0.3, -0.25) is 4.79 Å². The van der Waals surface area contributed by atoms with Crippen molar-refractivity contribution in [3.8, 4) is 17.2 Å². The Bertz CT molecular complexity index is 767. The van der Waals surface area contributed by atoms with Crippen molar-refractivity contribution in [2.24, 2.45) is 0 Å². The van der Waals surface area contributed by atoms with Crippen LogP contribution < -0.4 is 4.74 Å². The highest BCUT2D eigenvalue weighted by molar-refractivity contribution is 5.79. The molecule has 0 radical (unpaired) electrons. The third kappa shape index (κ3) is 3.69. The van der Waals surface area contributed by atoms with E-state index in [0.717, 1.165) is 11.3 Å². The first kappa shape index (κ1) is 17.5. The van der Waals surface area contributed by atoms with E-state index in [-0.39, 0.29) is 17.9 Å². The van der Waals surface area contributed by atoms with Gasteiger partial charge in [-0.1, -0.05) is 6.07 Å². The molecule has 0 aliphatic carbocycles. The quantitative estimate of drug-likeness (QED) is 0.853. The van der Waals surface area contributed by atoms with Crippen LogP contribution in [0.25, 0.3) is 11.5 Å². The molecule has 1 aromatic heterocycles. The summed E-state index contributed by atoms with van der Waals surface area (Å²) >= 11 is 0. The van der Waals surface area contributed by atoms with Crippen molar-refractivity contribution in [2.75, 3.05) is 26.9 Å². The van der Waals surface area contributed by atoms with Gasteiger partial charge in [-0.2, -0.15) is 0 Å². The van der Waals surface area contributed by atoms with E-state index in [2.05, 4.69) is 4.98 Å². The van der Waals surface area contributed by atoms with Crippen LogP contribution in [-0.4, -0.2) is 48.2 Å². The second-order valence-electron chi connectivity index (χ2n) is 6.84. The third-order valence-electron chi connectivity index (χ3n) is 4.47. The Morgan fingerprint density at radius 2 is 2.20 bits per heavy atom. The molecule has 6 nitrogen and oxygen atoms in total. The molecule has 2 heterocycles. The zero-order chi connectivity index (χ0) is 18.0. The number of oxazole rings is 1. The van der Waals surface area contributed by atoms with Crippen molar-refractivity contribution in [3.05, 3.63) is 35.7 Å². The van der Waals surface area contributed by atoms with Crippen LogP contribution in [0.4, 0.5) is 0 Å². The Morgan fingerprint density at radius 1 is 1.40 bits per heavy atom. The fourth-order valence-electron chi connectivity index (χ4n) is 3.03. The maximum Gasteiger partial charge on any atom is 0.229 e. The lowest BCUT2D eigenvalue weighted by Crippen LogP contribution is -2.56. The average molecular weight is 344 g/mol. The van der Waals surface area contributed by atoms with Gasteiger partial charge in [0.05, 0.1) is 38.0 Å². The summed E-state index contributed by atoms with van der Waals surface area (Å²) in [6.45, 7) is 7.59. The van der Waals surface area contributed by atoms with E-state index in [0.29, 0.717) is 37.1 Å². The van der Waals surface area contributed by atoms with Gasteiger partial charge in [0.25, 0.3) is 0 Å². The van der Waals surface area contributed by atoms with Crippen molar-refractivity contribution < 1.29 is 18.7 Å². The Hall–Kier alpha value is -2.34. The molecule has 1 aliphatic rings. The van der Waals surface area contributed by atoms with E-state index < -0.39 is 0 Å². The van der Waals surface area contributed by atoms with Crippen LogP contribution >= 0.6 is 0 Å². The normalized spacial score (nSPS) is 16.7. The Labute approximate surface area is 147 Å². The van der Waals surface area contributed by atoms with E-state index in [9.17, 15) is 4.79 Å². The molecule has 0 saturated carbocycles. The minimum absolute atomic E-state index is 0.0434. The zero-order valence-electron chi connectivity index (χ0n) is 15.2. The number of hydrogen-bond acceptors (Lipinski definition) is 5. The van der Waals surface area contributed by atoms with E-state index in [1.54, 1.807) is 7.11 Å². The van der Waals surface area contributed by atoms with Gasteiger partial charge in [-0.05, 0) is 39.0 Å². The number of benzene rings is 1. The minimum atomic E-state index is -0.303. The molecule has 0 unspecified atom stereocenters. The van der Waals surface area contributed by atoms with Crippen molar-refractivity contribution in [1.82, 2.24) is 9.88 Å². The van der Waals surface area contributed by atoms with Gasteiger partial charge in [-0.15, -0.1) is 0 Å². The van der Waals surface area contributed by atoms with Gasteiger partial charge in [-0.25, -0.2) is 4.98 Å². The van der Waals surface area contributed by atoms with Crippen LogP contribution in [-0.2, 0) is 16.0 Å². The molecule has 1 aromatic carbocycles. The summed E-state index contributed by atoms with van der Waals surface area (Å²) in [4.78, 5) is 19.2. The molecule has 2 aromatic rings. The van der Waals surface area contributed by atoms with Crippen molar-refractivity contribution in [2.45, 2.75) is 32.7 Å². The molecule has 3 rings (SSSR count). The van der Waals surface area contributed by atoms with Crippen LogP contribution in [0.15, 0.2) is 28.7 Å². The number of ether oxygens (including phenoxy) is 2. The summed E-state index contributed by atoms with van der Waals surface area (Å²) in [5.41, 5.74) is 1.20. The van der Waals surface area contributed by atoms with Gasteiger partial charge < -0.3 is 18.8 Å². The minimum Gasteiger partial charge on any atom is -0.497 e. The van der Waals surface area contributed by atoms with Crippen molar-refractivity contribution in [1.29, 1.82) is 0 Å². The standard InChI is InChI=1S/C19H24N2O4/c1-13-16(11-17(22)21-8-9-24-12-19(21,2)3)20-18(25-13)14-6-5-7-15(10-14)23-4/h5-7,10H,8-9,11-12H2,1-4H3. The number of amides is 1. The van der Waals surface area contributed by atoms with E-state index in [4.69, 9.17) is 13.9 Å². The lowest BCUT2D eigenvalue weighted by atomic mass is 10.0.